The number of methoxy groups -OCH3 is 2. The minimum absolute atomic E-state index is 0.0222. The summed E-state index contributed by atoms with van der Waals surface area (Å²) in [6.07, 6.45) is 7.89. The van der Waals surface area contributed by atoms with Gasteiger partial charge in [0, 0.05) is 43.0 Å². The molecule has 1 saturated heterocycles. The van der Waals surface area contributed by atoms with Gasteiger partial charge in [-0.1, -0.05) is 6.07 Å². The quantitative estimate of drug-likeness (QED) is 0.766. The van der Waals surface area contributed by atoms with E-state index in [1.54, 1.807) is 14.0 Å². The first-order valence-electron chi connectivity index (χ1n) is 12.4. The maximum Gasteiger partial charge on any atom is 0.217 e. The zero-order valence-electron chi connectivity index (χ0n) is 19.4. The van der Waals surface area contributed by atoms with Crippen molar-refractivity contribution in [2.45, 2.75) is 81.1 Å². The lowest BCUT2D eigenvalue weighted by Crippen LogP contribution is -2.83. The lowest BCUT2D eigenvalue weighted by atomic mass is 9.35. The Hall–Kier alpha value is -1.79. The van der Waals surface area contributed by atoms with E-state index in [-0.39, 0.29) is 28.9 Å². The van der Waals surface area contributed by atoms with Crippen LogP contribution in [0.2, 0.25) is 0 Å². The maximum absolute atomic E-state index is 12.3. The Bertz CT molecular complexity index is 1010. The number of rotatable bonds is 5. The smallest absolute Gasteiger partial charge is 0.217 e. The van der Waals surface area contributed by atoms with Crippen molar-refractivity contribution in [2.75, 3.05) is 27.3 Å². The molecule has 32 heavy (non-hydrogen) atoms. The first-order valence-corrected chi connectivity index (χ1v) is 12.4. The summed E-state index contributed by atoms with van der Waals surface area (Å²) in [5.74, 6) is 2.68. The largest absolute Gasteiger partial charge is 0.493 e. The van der Waals surface area contributed by atoms with Crippen molar-refractivity contribution in [3.05, 3.63) is 23.3 Å². The Labute approximate surface area is 190 Å². The molecule has 0 unspecified atom stereocenters. The van der Waals surface area contributed by atoms with E-state index in [2.05, 4.69) is 22.3 Å². The molecular weight excluding hydrogens is 404 g/mol. The van der Waals surface area contributed by atoms with Gasteiger partial charge in [-0.15, -0.1) is 0 Å². The number of benzene rings is 1. The van der Waals surface area contributed by atoms with Crippen LogP contribution in [0.15, 0.2) is 12.1 Å². The molecule has 2 heterocycles. The Balaban J connectivity index is 1.46. The summed E-state index contributed by atoms with van der Waals surface area (Å²) in [6, 6.07) is 4.86. The minimum atomic E-state index is -0.505. The molecule has 0 aromatic heterocycles. The molecular formula is C26H34N2O4. The van der Waals surface area contributed by atoms with Crippen molar-refractivity contribution in [2.24, 2.45) is 11.3 Å². The molecule has 1 aromatic carbocycles. The van der Waals surface area contributed by atoms with E-state index in [1.807, 2.05) is 7.11 Å². The highest BCUT2D eigenvalue weighted by molar-refractivity contribution is 5.74. The zero-order valence-corrected chi connectivity index (χ0v) is 19.4. The standard InChI is InChI=1S/C26H34N2O4/c1-15(29)27-19-13-24-8-9-26(19,31-3)23-25(24)10-11-28(14-16-4-5-16)20(24)12-17-6-7-18(30-2)22(32-23)21(17)25/h6-7,16,19-20,23H,4-5,8-14H2,1-3H3,(H,27,29)/t19-,20+,23+,24+,25-,26+/m0/s1. The van der Waals surface area contributed by atoms with Crippen LogP contribution in [0.1, 0.15) is 56.6 Å². The second-order valence-corrected chi connectivity index (χ2v) is 11.3. The van der Waals surface area contributed by atoms with Gasteiger partial charge in [0.25, 0.3) is 0 Å². The minimum Gasteiger partial charge on any atom is -0.493 e. The summed E-state index contributed by atoms with van der Waals surface area (Å²) in [6.45, 7) is 3.99. The van der Waals surface area contributed by atoms with Crippen LogP contribution in [0.25, 0.3) is 0 Å². The van der Waals surface area contributed by atoms with Gasteiger partial charge in [-0.05, 0) is 69.0 Å². The monoisotopic (exact) mass is 438 g/mol. The number of hydrogen-bond donors (Lipinski definition) is 1. The van der Waals surface area contributed by atoms with Gasteiger partial charge >= 0.3 is 0 Å². The van der Waals surface area contributed by atoms with Crippen LogP contribution in [-0.4, -0.2) is 61.9 Å². The summed E-state index contributed by atoms with van der Waals surface area (Å²) in [5, 5.41) is 3.31. The number of likely N-dealkylation sites (tertiary alicyclic amines) is 1. The van der Waals surface area contributed by atoms with Crippen LogP contribution >= 0.6 is 0 Å². The summed E-state index contributed by atoms with van der Waals surface area (Å²) >= 11 is 0. The third-order valence-electron chi connectivity index (χ3n) is 10.2. The van der Waals surface area contributed by atoms with Crippen molar-refractivity contribution < 1.29 is 19.0 Å². The predicted octanol–water partition coefficient (Wildman–Crippen LogP) is 2.81. The van der Waals surface area contributed by atoms with Crippen molar-refractivity contribution in [1.29, 1.82) is 0 Å². The van der Waals surface area contributed by atoms with E-state index in [1.165, 1.54) is 30.5 Å². The van der Waals surface area contributed by atoms with Crippen LogP contribution in [0.3, 0.4) is 0 Å². The van der Waals surface area contributed by atoms with E-state index in [9.17, 15) is 4.79 Å². The van der Waals surface area contributed by atoms with Gasteiger partial charge in [0.05, 0.1) is 13.2 Å². The van der Waals surface area contributed by atoms with Crippen molar-refractivity contribution in [3.63, 3.8) is 0 Å². The molecule has 1 N–H and O–H groups in total. The molecule has 2 aliphatic heterocycles. The van der Waals surface area contributed by atoms with Crippen LogP contribution < -0.4 is 14.8 Å². The van der Waals surface area contributed by atoms with Crippen molar-refractivity contribution in [1.82, 2.24) is 10.2 Å². The topological polar surface area (TPSA) is 60.0 Å². The fourth-order valence-corrected chi connectivity index (χ4v) is 8.95. The van der Waals surface area contributed by atoms with Gasteiger partial charge < -0.3 is 19.5 Å². The second-order valence-electron chi connectivity index (χ2n) is 11.3. The van der Waals surface area contributed by atoms with Crippen molar-refractivity contribution in [3.8, 4) is 11.5 Å². The summed E-state index contributed by atoms with van der Waals surface area (Å²) < 4.78 is 19.1. The maximum atomic E-state index is 12.3. The van der Waals surface area contributed by atoms with Crippen LogP contribution in [0, 0.1) is 11.3 Å². The number of carbonyl (C=O) groups is 1. The lowest BCUT2D eigenvalue weighted by Gasteiger charge is -2.73. The highest BCUT2D eigenvalue weighted by Crippen LogP contribution is 2.75. The van der Waals surface area contributed by atoms with Gasteiger partial charge in [-0.25, -0.2) is 0 Å². The SMILES string of the molecule is COc1ccc2c3c1O[C@H]1[C@@]4(OC)CC[C@@]5(C[C@@H]4NC(C)=O)[C@@H](C2)N(CC2CC2)CC[C@]315. The number of piperidine rings is 1. The number of fused-ring (bicyclic) bond motifs is 2. The molecule has 6 heteroatoms. The third kappa shape index (κ3) is 2.08. The number of nitrogens with zero attached hydrogens (tertiary/aromatic N) is 1. The number of carbonyl (C=O) groups excluding carboxylic acids is 1. The van der Waals surface area contributed by atoms with E-state index in [0.717, 1.165) is 56.1 Å². The molecule has 1 aromatic rings. The molecule has 8 rings (SSSR count). The third-order valence-corrected chi connectivity index (χ3v) is 10.2. The normalized spacial score (nSPS) is 42.9. The Morgan fingerprint density at radius 2 is 2.09 bits per heavy atom. The van der Waals surface area contributed by atoms with Crippen LogP contribution in [0.4, 0.5) is 0 Å². The van der Waals surface area contributed by atoms with E-state index < -0.39 is 5.60 Å². The van der Waals surface area contributed by atoms with Gasteiger partial charge in [-0.2, -0.15) is 0 Å². The first kappa shape index (κ1) is 19.7. The van der Waals surface area contributed by atoms with Gasteiger partial charge in [0.2, 0.25) is 5.91 Å². The molecule has 5 aliphatic carbocycles. The fourth-order valence-electron chi connectivity index (χ4n) is 8.95. The lowest BCUT2D eigenvalue weighted by molar-refractivity contribution is -0.263. The van der Waals surface area contributed by atoms with Gasteiger partial charge in [0.15, 0.2) is 11.5 Å². The molecule has 0 radical (unpaired) electrons. The van der Waals surface area contributed by atoms with Gasteiger partial charge in [-0.3, -0.25) is 9.69 Å². The molecule has 6 atom stereocenters. The summed E-state index contributed by atoms with van der Waals surface area (Å²) in [5.41, 5.74) is 2.39. The van der Waals surface area contributed by atoms with E-state index in [4.69, 9.17) is 14.2 Å². The second kappa shape index (κ2) is 6.20. The van der Waals surface area contributed by atoms with Crippen LogP contribution in [-0.2, 0) is 21.4 Å². The fraction of sp³-hybridized carbons (Fsp3) is 0.731. The Morgan fingerprint density at radius 1 is 1.25 bits per heavy atom. The van der Waals surface area contributed by atoms with Gasteiger partial charge in [0.1, 0.15) is 11.7 Å². The summed E-state index contributed by atoms with van der Waals surface area (Å²) in [4.78, 5) is 15.1. The van der Waals surface area contributed by atoms with Crippen molar-refractivity contribution >= 4 is 5.91 Å². The number of ether oxygens (including phenoxy) is 3. The summed E-state index contributed by atoms with van der Waals surface area (Å²) in [7, 11) is 3.55. The molecule has 5 fully saturated rings. The molecule has 4 saturated carbocycles. The molecule has 172 valence electrons. The molecule has 6 nitrogen and oxygen atoms in total. The average molecular weight is 439 g/mol. The Kier molecular flexibility index (Phi) is 3.81. The predicted molar refractivity (Wildman–Crippen MR) is 119 cm³/mol. The molecule has 2 spiro atoms. The average Bonchev–Trinajstić information content (AvgIpc) is 3.52. The highest BCUT2D eigenvalue weighted by atomic mass is 16.6. The molecule has 4 bridgehead atoms. The number of hydrogen-bond acceptors (Lipinski definition) is 5. The molecule has 7 aliphatic rings. The number of nitrogens with one attached hydrogen (secondary N) is 1. The van der Waals surface area contributed by atoms with Crippen LogP contribution in [0.5, 0.6) is 11.5 Å². The molecule has 1 amide bonds. The Morgan fingerprint density at radius 3 is 2.81 bits per heavy atom. The highest BCUT2D eigenvalue weighted by Gasteiger charge is 2.80. The first-order chi connectivity index (χ1) is 15.5. The van der Waals surface area contributed by atoms with E-state index >= 15 is 0 Å². The van der Waals surface area contributed by atoms with E-state index in [0.29, 0.717) is 6.04 Å². The number of amides is 1. The zero-order chi connectivity index (χ0) is 21.9.